The van der Waals surface area contributed by atoms with Crippen molar-refractivity contribution in [2.24, 2.45) is 5.41 Å². The standard InChI is InChI=1S/C28H58/c1-5-7-9-11-12-13-14-15-16-17-18-19-20-21-22-23-25-27-28(3,4)26-24-10-8-6-2/h5-27H2,1-4H3. The number of unbranched alkanes of at least 4 members (excludes halogenated alkanes) is 19. The van der Waals surface area contributed by atoms with Gasteiger partial charge in [-0.1, -0.05) is 163 Å². The molecule has 0 aliphatic heterocycles. The molecule has 0 unspecified atom stereocenters. The summed E-state index contributed by atoms with van der Waals surface area (Å²) in [7, 11) is 0. The van der Waals surface area contributed by atoms with Gasteiger partial charge in [0.2, 0.25) is 0 Å². The van der Waals surface area contributed by atoms with Gasteiger partial charge in [-0.15, -0.1) is 0 Å². The molecule has 0 bridgehead atoms. The number of hydrogen-bond donors (Lipinski definition) is 0. The van der Waals surface area contributed by atoms with E-state index in [2.05, 4.69) is 27.7 Å². The van der Waals surface area contributed by atoms with Gasteiger partial charge in [0.25, 0.3) is 0 Å². The van der Waals surface area contributed by atoms with E-state index in [0.717, 1.165) is 0 Å². The van der Waals surface area contributed by atoms with Crippen molar-refractivity contribution in [1.82, 2.24) is 0 Å². The second kappa shape index (κ2) is 21.7. The highest BCUT2D eigenvalue weighted by atomic mass is 14.2. The van der Waals surface area contributed by atoms with Crippen molar-refractivity contribution >= 4 is 0 Å². The minimum atomic E-state index is 0.587. The van der Waals surface area contributed by atoms with Gasteiger partial charge in [-0.2, -0.15) is 0 Å². The molecule has 0 saturated heterocycles. The second-order valence-corrected chi connectivity index (χ2v) is 10.4. The Bertz CT molecular complexity index is 278. The summed E-state index contributed by atoms with van der Waals surface area (Å²) in [5, 5.41) is 0. The summed E-state index contributed by atoms with van der Waals surface area (Å²) < 4.78 is 0. The molecule has 0 fully saturated rings. The fourth-order valence-corrected chi connectivity index (χ4v) is 4.48. The fourth-order valence-electron chi connectivity index (χ4n) is 4.48. The summed E-state index contributed by atoms with van der Waals surface area (Å²) in [5.74, 6) is 0. The molecule has 0 aromatic carbocycles. The lowest BCUT2D eigenvalue weighted by molar-refractivity contribution is 0.282. The monoisotopic (exact) mass is 394 g/mol. The van der Waals surface area contributed by atoms with E-state index in [1.165, 1.54) is 148 Å². The van der Waals surface area contributed by atoms with Crippen molar-refractivity contribution in [2.75, 3.05) is 0 Å². The summed E-state index contributed by atoms with van der Waals surface area (Å²) in [4.78, 5) is 0. The molecule has 0 spiro atoms. The molecule has 0 heterocycles. The van der Waals surface area contributed by atoms with E-state index < -0.39 is 0 Å². The summed E-state index contributed by atoms with van der Waals surface area (Å²) in [6, 6.07) is 0. The second-order valence-electron chi connectivity index (χ2n) is 10.4. The Morgan fingerprint density at radius 2 is 0.536 bits per heavy atom. The van der Waals surface area contributed by atoms with Crippen LogP contribution in [0.2, 0.25) is 0 Å². The van der Waals surface area contributed by atoms with Gasteiger partial charge in [-0.05, 0) is 18.3 Å². The van der Waals surface area contributed by atoms with Crippen LogP contribution >= 0.6 is 0 Å². The summed E-state index contributed by atoms with van der Waals surface area (Å²) >= 11 is 0. The average Bonchev–Trinajstić information content (AvgIpc) is 2.67. The Labute approximate surface area is 181 Å². The molecule has 0 N–H and O–H groups in total. The lowest BCUT2D eigenvalue weighted by atomic mass is 9.82. The van der Waals surface area contributed by atoms with Crippen LogP contribution in [0.15, 0.2) is 0 Å². The van der Waals surface area contributed by atoms with Gasteiger partial charge >= 0.3 is 0 Å². The average molecular weight is 395 g/mol. The Morgan fingerprint density at radius 3 is 0.821 bits per heavy atom. The first-order valence-corrected chi connectivity index (χ1v) is 13.6. The van der Waals surface area contributed by atoms with Crippen LogP contribution in [-0.2, 0) is 0 Å². The first kappa shape index (κ1) is 28.0. The smallest absolute Gasteiger partial charge is 0.0354 e. The maximum atomic E-state index is 2.49. The van der Waals surface area contributed by atoms with Crippen LogP contribution in [0.5, 0.6) is 0 Å². The van der Waals surface area contributed by atoms with E-state index in [4.69, 9.17) is 0 Å². The zero-order valence-electron chi connectivity index (χ0n) is 20.8. The van der Waals surface area contributed by atoms with E-state index in [1.807, 2.05) is 0 Å². The zero-order chi connectivity index (χ0) is 20.8. The van der Waals surface area contributed by atoms with Gasteiger partial charge in [0.15, 0.2) is 0 Å². The van der Waals surface area contributed by atoms with Crippen molar-refractivity contribution in [1.29, 1.82) is 0 Å². The molecule has 0 aromatic heterocycles. The molecule has 28 heavy (non-hydrogen) atoms. The van der Waals surface area contributed by atoms with Crippen LogP contribution in [0.4, 0.5) is 0 Å². The normalized spacial score (nSPS) is 12.0. The molecule has 0 aliphatic rings. The van der Waals surface area contributed by atoms with Crippen molar-refractivity contribution in [3.63, 3.8) is 0 Å². The van der Waals surface area contributed by atoms with Crippen LogP contribution in [0.25, 0.3) is 0 Å². The van der Waals surface area contributed by atoms with Gasteiger partial charge in [0.1, 0.15) is 0 Å². The van der Waals surface area contributed by atoms with E-state index >= 15 is 0 Å². The van der Waals surface area contributed by atoms with Crippen LogP contribution in [-0.4, -0.2) is 0 Å². The van der Waals surface area contributed by atoms with Crippen molar-refractivity contribution in [3.05, 3.63) is 0 Å². The van der Waals surface area contributed by atoms with Gasteiger partial charge < -0.3 is 0 Å². The maximum absolute atomic E-state index is 2.49. The van der Waals surface area contributed by atoms with Crippen molar-refractivity contribution in [3.8, 4) is 0 Å². The van der Waals surface area contributed by atoms with Gasteiger partial charge in [0.05, 0.1) is 0 Å². The minimum absolute atomic E-state index is 0.587. The van der Waals surface area contributed by atoms with Crippen LogP contribution in [0.1, 0.15) is 175 Å². The van der Waals surface area contributed by atoms with Crippen LogP contribution in [0.3, 0.4) is 0 Å². The highest BCUT2D eigenvalue weighted by molar-refractivity contribution is 4.68. The van der Waals surface area contributed by atoms with Gasteiger partial charge in [-0.25, -0.2) is 0 Å². The molecule has 0 amide bonds. The van der Waals surface area contributed by atoms with E-state index in [9.17, 15) is 0 Å². The molecule has 0 heteroatoms. The maximum Gasteiger partial charge on any atom is -0.0354 e. The van der Waals surface area contributed by atoms with Crippen molar-refractivity contribution < 1.29 is 0 Å². The molecule has 0 aliphatic carbocycles. The van der Waals surface area contributed by atoms with Crippen molar-refractivity contribution in [2.45, 2.75) is 175 Å². The first-order valence-electron chi connectivity index (χ1n) is 13.6. The quantitative estimate of drug-likeness (QED) is 0.151. The fraction of sp³-hybridized carbons (Fsp3) is 1.00. The third-order valence-corrected chi connectivity index (χ3v) is 6.66. The lowest BCUT2D eigenvalue weighted by Crippen LogP contribution is -2.11. The molecule has 0 atom stereocenters. The van der Waals surface area contributed by atoms with E-state index in [1.54, 1.807) is 0 Å². The Hall–Kier alpha value is 0. The number of hydrogen-bond acceptors (Lipinski definition) is 0. The molecule has 0 nitrogen and oxygen atoms in total. The molecule has 0 rings (SSSR count). The molecular formula is C28H58. The lowest BCUT2D eigenvalue weighted by Gasteiger charge is -2.24. The largest absolute Gasteiger partial charge is 0.0654 e. The summed E-state index contributed by atoms with van der Waals surface area (Å²) in [5.41, 5.74) is 0.587. The first-order chi connectivity index (χ1) is 13.6. The van der Waals surface area contributed by atoms with Crippen LogP contribution < -0.4 is 0 Å². The molecule has 0 aromatic rings. The summed E-state index contributed by atoms with van der Waals surface area (Å²) in [6.45, 7) is 9.59. The van der Waals surface area contributed by atoms with Crippen LogP contribution in [0, 0.1) is 5.41 Å². The minimum Gasteiger partial charge on any atom is -0.0654 e. The Balaban J connectivity index is 3.19. The zero-order valence-corrected chi connectivity index (χ0v) is 20.8. The van der Waals surface area contributed by atoms with E-state index in [-0.39, 0.29) is 0 Å². The molecular weight excluding hydrogens is 336 g/mol. The highest BCUT2D eigenvalue weighted by Gasteiger charge is 2.16. The Morgan fingerprint density at radius 1 is 0.321 bits per heavy atom. The third kappa shape index (κ3) is 22.3. The van der Waals surface area contributed by atoms with Gasteiger partial charge in [-0.3, -0.25) is 0 Å². The topological polar surface area (TPSA) is 0 Å². The number of rotatable bonds is 23. The Kier molecular flexibility index (Phi) is 21.7. The summed E-state index contributed by atoms with van der Waals surface area (Å²) in [6.07, 6.45) is 33.6. The highest BCUT2D eigenvalue weighted by Crippen LogP contribution is 2.30. The van der Waals surface area contributed by atoms with Gasteiger partial charge in [0, 0.05) is 0 Å². The van der Waals surface area contributed by atoms with E-state index in [0.29, 0.717) is 5.41 Å². The SMILES string of the molecule is CCCCCCCCCCCCCCCCCCCC(C)(C)CCCCCC. The molecule has 0 radical (unpaired) electrons. The molecule has 170 valence electrons. The predicted octanol–water partition coefficient (Wildman–Crippen LogP) is 11.0. The molecule has 0 saturated carbocycles. The predicted molar refractivity (Wildman–Crippen MR) is 131 cm³/mol. The third-order valence-electron chi connectivity index (χ3n) is 6.66.